The maximum atomic E-state index is 13.6. The zero-order chi connectivity index (χ0) is 24.9. The van der Waals surface area contributed by atoms with E-state index >= 15 is 0 Å². The fourth-order valence-corrected chi connectivity index (χ4v) is 5.10. The summed E-state index contributed by atoms with van der Waals surface area (Å²) in [6.45, 7) is 7.31. The summed E-state index contributed by atoms with van der Waals surface area (Å²) >= 11 is 1.23. The molecule has 3 unspecified atom stereocenters. The molecule has 1 aliphatic heterocycles. The maximum absolute atomic E-state index is 13.6. The summed E-state index contributed by atoms with van der Waals surface area (Å²) in [5.74, 6) is -2.17. The van der Waals surface area contributed by atoms with Gasteiger partial charge in [0.05, 0.1) is 30.4 Å². The highest BCUT2D eigenvalue weighted by molar-refractivity contribution is 7.13. The zero-order valence-corrected chi connectivity index (χ0v) is 20.8. The van der Waals surface area contributed by atoms with E-state index in [4.69, 9.17) is 9.47 Å². The van der Waals surface area contributed by atoms with Crippen LogP contribution in [0.5, 0.6) is 0 Å². The van der Waals surface area contributed by atoms with Crippen molar-refractivity contribution in [1.29, 1.82) is 0 Å². The summed E-state index contributed by atoms with van der Waals surface area (Å²) in [6, 6.07) is 7.86. The van der Waals surface area contributed by atoms with Gasteiger partial charge in [0.1, 0.15) is 5.92 Å². The van der Waals surface area contributed by atoms with Gasteiger partial charge in [-0.1, -0.05) is 30.3 Å². The quantitative estimate of drug-likeness (QED) is 0.579. The first-order valence-corrected chi connectivity index (χ1v) is 12.0. The molecule has 34 heavy (non-hydrogen) atoms. The number of allylic oxidation sites excluding steroid dienone is 1. The Kier molecular flexibility index (Phi) is 7.93. The van der Waals surface area contributed by atoms with Crippen LogP contribution in [0.25, 0.3) is 0 Å². The van der Waals surface area contributed by atoms with Crippen molar-refractivity contribution >= 4 is 34.4 Å². The first-order chi connectivity index (χ1) is 16.3. The SMILES string of the molecule is CCOC(=O)C1=C(C)NC(C)(c2ccccc2)C(C(=O)OCC)C1N(C(=O)NC)c1nccs1. The van der Waals surface area contributed by atoms with Crippen LogP contribution < -0.4 is 15.5 Å². The van der Waals surface area contributed by atoms with Crippen LogP contribution in [-0.4, -0.2) is 49.3 Å². The average molecular weight is 487 g/mol. The first-order valence-electron chi connectivity index (χ1n) is 11.1. The number of nitrogens with one attached hydrogen (secondary N) is 2. The molecule has 3 rings (SSSR count). The van der Waals surface area contributed by atoms with Gasteiger partial charge in [-0.3, -0.25) is 9.69 Å². The topological polar surface area (TPSA) is 110 Å². The zero-order valence-electron chi connectivity index (χ0n) is 20.0. The van der Waals surface area contributed by atoms with E-state index in [0.29, 0.717) is 10.8 Å². The van der Waals surface area contributed by atoms with E-state index in [0.717, 1.165) is 5.56 Å². The lowest BCUT2D eigenvalue weighted by atomic mass is 9.70. The van der Waals surface area contributed by atoms with Crippen molar-refractivity contribution < 1.29 is 23.9 Å². The number of anilines is 1. The second-order valence-corrected chi connectivity index (χ2v) is 8.74. The number of thiazole rings is 1. The predicted octanol–water partition coefficient (Wildman–Crippen LogP) is 3.19. The van der Waals surface area contributed by atoms with E-state index in [2.05, 4.69) is 15.6 Å². The first kappa shape index (κ1) is 25.2. The van der Waals surface area contributed by atoms with Gasteiger partial charge in [0.15, 0.2) is 5.13 Å². The standard InChI is InChI=1S/C24H30N4O5S/c1-6-32-20(29)17-15(3)27-24(4,16-11-9-8-10-12-16)18(21(30)33-7-2)19(17)28(22(31)25-5)23-26-13-14-34-23/h8-14,18-19,27H,6-7H2,1-5H3,(H,25,31). The second-order valence-electron chi connectivity index (χ2n) is 7.87. The van der Waals surface area contributed by atoms with Crippen LogP contribution in [0.15, 0.2) is 53.2 Å². The number of amides is 2. The lowest BCUT2D eigenvalue weighted by Crippen LogP contribution is -2.64. The lowest BCUT2D eigenvalue weighted by molar-refractivity contribution is -0.152. The molecule has 1 aliphatic rings. The number of carbonyl (C=O) groups is 3. The summed E-state index contributed by atoms with van der Waals surface area (Å²) in [5.41, 5.74) is 0.464. The number of hydrogen-bond donors (Lipinski definition) is 2. The third kappa shape index (κ3) is 4.63. The van der Waals surface area contributed by atoms with E-state index in [9.17, 15) is 14.4 Å². The van der Waals surface area contributed by atoms with E-state index < -0.39 is 35.5 Å². The van der Waals surface area contributed by atoms with Gasteiger partial charge in [0.25, 0.3) is 0 Å². The molecule has 2 amide bonds. The number of ether oxygens (including phenoxy) is 2. The highest BCUT2D eigenvalue weighted by Crippen LogP contribution is 2.44. The molecule has 2 N–H and O–H groups in total. The number of rotatable bonds is 7. The molecule has 9 nitrogen and oxygen atoms in total. The minimum atomic E-state index is -1.05. The van der Waals surface area contributed by atoms with Crippen molar-refractivity contribution in [3.05, 3.63) is 58.7 Å². The maximum Gasteiger partial charge on any atom is 0.337 e. The van der Waals surface area contributed by atoms with Crippen LogP contribution in [0.1, 0.15) is 33.3 Å². The molecule has 10 heteroatoms. The molecule has 0 saturated carbocycles. The molecular formula is C24H30N4O5S. The summed E-state index contributed by atoms with van der Waals surface area (Å²) in [6.07, 6.45) is 1.56. The number of hydrogen-bond acceptors (Lipinski definition) is 8. The third-order valence-corrected chi connectivity index (χ3v) is 6.60. The Hall–Kier alpha value is -3.40. The fourth-order valence-electron chi connectivity index (χ4n) is 4.42. The largest absolute Gasteiger partial charge is 0.466 e. The Morgan fingerprint density at radius 3 is 2.41 bits per heavy atom. The van der Waals surface area contributed by atoms with E-state index in [-0.39, 0.29) is 18.8 Å². The van der Waals surface area contributed by atoms with Crippen LogP contribution in [0.4, 0.5) is 9.93 Å². The number of benzene rings is 1. The molecular weight excluding hydrogens is 456 g/mol. The molecule has 0 fully saturated rings. The van der Waals surface area contributed by atoms with Gasteiger partial charge in [-0.25, -0.2) is 14.6 Å². The predicted molar refractivity (Wildman–Crippen MR) is 129 cm³/mol. The van der Waals surface area contributed by atoms with Gasteiger partial charge in [-0.05, 0) is 33.3 Å². The number of carbonyl (C=O) groups excluding carboxylic acids is 3. The summed E-state index contributed by atoms with van der Waals surface area (Å²) in [5, 5.41) is 8.06. The molecule has 2 aromatic rings. The molecule has 1 aromatic carbocycles. The van der Waals surface area contributed by atoms with Crippen LogP contribution in [0.3, 0.4) is 0 Å². The van der Waals surface area contributed by atoms with E-state index in [1.165, 1.54) is 23.3 Å². The summed E-state index contributed by atoms with van der Waals surface area (Å²) in [7, 11) is 1.49. The molecule has 3 atom stereocenters. The Morgan fingerprint density at radius 2 is 1.85 bits per heavy atom. The Morgan fingerprint density at radius 1 is 1.18 bits per heavy atom. The molecule has 0 aliphatic carbocycles. The highest BCUT2D eigenvalue weighted by Gasteiger charge is 2.56. The third-order valence-electron chi connectivity index (χ3n) is 5.83. The van der Waals surface area contributed by atoms with Crippen molar-refractivity contribution in [2.24, 2.45) is 5.92 Å². The van der Waals surface area contributed by atoms with E-state index in [1.807, 2.05) is 37.3 Å². The summed E-state index contributed by atoms with van der Waals surface area (Å²) < 4.78 is 10.9. The van der Waals surface area contributed by atoms with Crippen molar-refractivity contribution in [1.82, 2.24) is 15.6 Å². The Labute approximate surface area is 203 Å². The lowest BCUT2D eigenvalue weighted by Gasteiger charge is -2.49. The van der Waals surface area contributed by atoms with Gasteiger partial charge in [0.2, 0.25) is 0 Å². The van der Waals surface area contributed by atoms with Gasteiger partial charge in [-0.15, -0.1) is 11.3 Å². The average Bonchev–Trinajstić information content (AvgIpc) is 3.34. The van der Waals surface area contributed by atoms with Crippen molar-refractivity contribution in [2.75, 3.05) is 25.2 Å². The molecule has 1 aromatic heterocycles. The second kappa shape index (κ2) is 10.7. The van der Waals surface area contributed by atoms with Gasteiger partial charge in [0, 0.05) is 24.3 Å². The van der Waals surface area contributed by atoms with Crippen molar-refractivity contribution in [2.45, 2.75) is 39.3 Å². The monoisotopic (exact) mass is 486 g/mol. The smallest absolute Gasteiger partial charge is 0.337 e. The minimum absolute atomic E-state index is 0.138. The van der Waals surface area contributed by atoms with Gasteiger partial charge < -0.3 is 20.1 Å². The van der Waals surface area contributed by atoms with Crippen LogP contribution >= 0.6 is 11.3 Å². The Bertz CT molecular complexity index is 1060. The fraction of sp³-hybridized carbons (Fsp3) is 0.417. The minimum Gasteiger partial charge on any atom is -0.466 e. The van der Waals surface area contributed by atoms with Crippen molar-refractivity contribution in [3.63, 3.8) is 0 Å². The molecule has 0 radical (unpaired) electrons. The molecule has 0 saturated heterocycles. The van der Waals surface area contributed by atoms with Crippen LogP contribution in [0.2, 0.25) is 0 Å². The molecule has 182 valence electrons. The number of nitrogens with zero attached hydrogens (tertiary/aromatic N) is 2. The number of esters is 2. The molecule has 0 bridgehead atoms. The number of urea groups is 1. The molecule has 2 heterocycles. The normalized spacial score (nSPS) is 21.9. The van der Waals surface area contributed by atoms with Crippen LogP contribution in [-0.2, 0) is 24.6 Å². The Balaban J connectivity index is 2.35. The molecule has 0 spiro atoms. The van der Waals surface area contributed by atoms with Crippen LogP contribution in [0, 0.1) is 5.92 Å². The number of aromatic nitrogens is 1. The highest BCUT2D eigenvalue weighted by atomic mass is 32.1. The summed E-state index contributed by atoms with van der Waals surface area (Å²) in [4.78, 5) is 45.8. The van der Waals surface area contributed by atoms with E-state index in [1.54, 1.807) is 32.3 Å². The van der Waals surface area contributed by atoms with Gasteiger partial charge >= 0.3 is 18.0 Å². The van der Waals surface area contributed by atoms with Gasteiger partial charge in [-0.2, -0.15) is 0 Å². The van der Waals surface area contributed by atoms with Crippen molar-refractivity contribution in [3.8, 4) is 0 Å².